The third-order valence-corrected chi connectivity index (χ3v) is 2.81. The largest absolute Gasteiger partial charge is 0.478 e. The standard InChI is InChI=1S/C13H12ClNO2/c1-2-3-12-10(13(16)17)7-8-6-9(14)4-5-11(8)15-12/h4-7H,2-3H2,1H3,(H,16,17). The van der Waals surface area contributed by atoms with Gasteiger partial charge in [-0.25, -0.2) is 4.79 Å². The Bertz CT molecular complexity index is 581. The van der Waals surface area contributed by atoms with Crippen LogP contribution >= 0.6 is 11.6 Å². The molecule has 88 valence electrons. The van der Waals surface area contributed by atoms with Crippen molar-refractivity contribution in [2.45, 2.75) is 19.8 Å². The van der Waals surface area contributed by atoms with Crippen LogP contribution < -0.4 is 0 Å². The zero-order chi connectivity index (χ0) is 12.4. The van der Waals surface area contributed by atoms with E-state index in [1.165, 1.54) is 0 Å². The van der Waals surface area contributed by atoms with Gasteiger partial charge in [-0.1, -0.05) is 24.9 Å². The van der Waals surface area contributed by atoms with Crippen molar-refractivity contribution in [1.82, 2.24) is 4.98 Å². The van der Waals surface area contributed by atoms with Gasteiger partial charge in [0.2, 0.25) is 0 Å². The van der Waals surface area contributed by atoms with E-state index in [-0.39, 0.29) is 5.56 Å². The van der Waals surface area contributed by atoms with Gasteiger partial charge in [0.15, 0.2) is 0 Å². The van der Waals surface area contributed by atoms with E-state index in [2.05, 4.69) is 4.98 Å². The first-order valence-electron chi connectivity index (χ1n) is 5.44. The van der Waals surface area contributed by atoms with Crippen LogP contribution in [0.3, 0.4) is 0 Å². The molecule has 1 aromatic carbocycles. The fourth-order valence-electron chi connectivity index (χ4n) is 1.80. The molecular formula is C13H12ClNO2. The second kappa shape index (κ2) is 4.72. The summed E-state index contributed by atoms with van der Waals surface area (Å²) in [5.41, 5.74) is 1.68. The number of rotatable bonds is 3. The Balaban J connectivity index is 2.67. The summed E-state index contributed by atoms with van der Waals surface area (Å²) in [6, 6.07) is 6.93. The summed E-state index contributed by atoms with van der Waals surface area (Å²) >= 11 is 5.88. The molecule has 1 heterocycles. The van der Waals surface area contributed by atoms with Crippen LogP contribution in [0.2, 0.25) is 5.02 Å². The monoisotopic (exact) mass is 249 g/mol. The maximum absolute atomic E-state index is 11.2. The zero-order valence-electron chi connectivity index (χ0n) is 9.40. The smallest absolute Gasteiger partial charge is 0.337 e. The highest BCUT2D eigenvalue weighted by Gasteiger charge is 2.12. The number of hydrogen-bond acceptors (Lipinski definition) is 2. The van der Waals surface area contributed by atoms with Gasteiger partial charge in [0.05, 0.1) is 16.8 Å². The summed E-state index contributed by atoms with van der Waals surface area (Å²) in [5, 5.41) is 10.5. The Kier molecular flexibility index (Phi) is 3.29. The number of aryl methyl sites for hydroxylation is 1. The first-order chi connectivity index (χ1) is 8.11. The lowest BCUT2D eigenvalue weighted by molar-refractivity contribution is 0.0695. The summed E-state index contributed by atoms with van der Waals surface area (Å²) in [7, 11) is 0. The van der Waals surface area contributed by atoms with Crippen molar-refractivity contribution in [3.8, 4) is 0 Å². The number of pyridine rings is 1. The highest BCUT2D eigenvalue weighted by Crippen LogP contribution is 2.21. The SMILES string of the molecule is CCCc1nc2ccc(Cl)cc2cc1C(=O)O. The molecular weight excluding hydrogens is 238 g/mol. The first-order valence-corrected chi connectivity index (χ1v) is 5.82. The lowest BCUT2D eigenvalue weighted by atomic mass is 10.1. The molecule has 0 bridgehead atoms. The highest BCUT2D eigenvalue weighted by atomic mass is 35.5. The molecule has 17 heavy (non-hydrogen) atoms. The number of fused-ring (bicyclic) bond motifs is 1. The van der Waals surface area contributed by atoms with Crippen molar-refractivity contribution in [1.29, 1.82) is 0 Å². The normalized spacial score (nSPS) is 10.7. The molecule has 1 aromatic heterocycles. The van der Waals surface area contributed by atoms with E-state index in [1.807, 2.05) is 13.0 Å². The van der Waals surface area contributed by atoms with E-state index < -0.39 is 5.97 Å². The molecule has 0 fully saturated rings. The van der Waals surface area contributed by atoms with E-state index in [4.69, 9.17) is 16.7 Å². The van der Waals surface area contributed by atoms with Crippen molar-refractivity contribution in [2.75, 3.05) is 0 Å². The minimum Gasteiger partial charge on any atom is -0.478 e. The Morgan fingerprint density at radius 3 is 2.82 bits per heavy atom. The Morgan fingerprint density at radius 2 is 2.18 bits per heavy atom. The highest BCUT2D eigenvalue weighted by molar-refractivity contribution is 6.31. The van der Waals surface area contributed by atoms with Crippen LogP contribution in [0, 0.1) is 0 Å². The van der Waals surface area contributed by atoms with Crippen LogP contribution in [-0.4, -0.2) is 16.1 Å². The van der Waals surface area contributed by atoms with E-state index in [9.17, 15) is 4.79 Å². The molecule has 0 unspecified atom stereocenters. The molecule has 0 saturated carbocycles. The average molecular weight is 250 g/mol. The van der Waals surface area contributed by atoms with Crippen molar-refractivity contribution in [2.24, 2.45) is 0 Å². The summed E-state index contributed by atoms with van der Waals surface area (Å²) in [6.07, 6.45) is 1.53. The second-order valence-corrected chi connectivity index (χ2v) is 4.31. The minimum atomic E-state index is -0.942. The maximum atomic E-state index is 11.2. The molecule has 0 spiro atoms. The van der Waals surface area contributed by atoms with Gasteiger partial charge in [-0.2, -0.15) is 0 Å². The summed E-state index contributed by atoms with van der Waals surface area (Å²) < 4.78 is 0. The maximum Gasteiger partial charge on any atom is 0.337 e. The predicted molar refractivity (Wildman–Crippen MR) is 67.7 cm³/mol. The van der Waals surface area contributed by atoms with Crippen molar-refractivity contribution in [3.63, 3.8) is 0 Å². The van der Waals surface area contributed by atoms with Crippen LogP contribution in [0.4, 0.5) is 0 Å². The molecule has 0 radical (unpaired) electrons. The average Bonchev–Trinajstić information content (AvgIpc) is 2.28. The van der Waals surface area contributed by atoms with E-state index in [1.54, 1.807) is 18.2 Å². The number of benzene rings is 1. The van der Waals surface area contributed by atoms with Crippen LogP contribution in [0.5, 0.6) is 0 Å². The number of carbonyl (C=O) groups is 1. The summed E-state index contributed by atoms with van der Waals surface area (Å²) in [5.74, 6) is -0.942. The van der Waals surface area contributed by atoms with Crippen molar-refractivity contribution in [3.05, 3.63) is 40.5 Å². The zero-order valence-corrected chi connectivity index (χ0v) is 10.2. The van der Waals surface area contributed by atoms with Crippen molar-refractivity contribution >= 4 is 28.5 Å². The Labute approximate surface area is 104 Å². The number of halogens is 1. The molecule has 0 aliphatic rings. The topological polar surface area (TPSA) is 50.2 Å². The summed E-state index contributed by atoms with van der Waals surface area (Å²) in [6.45, 7) is 2.00. The van der Waals surface area contributed by atoms with Gasteiger partial charge >= 0.3 is 5.97 Å². The molecule has 3 nitrogen and oxygen atoms in total. The fourth-order valence-corrected chi connectivity index (χ4v) is 1.98. The summed E-state index contributed by atoms with van der Waals surface area (Å²) in [4.78, 5) is 15.5. The molecule has 0 aliphatic heterocycles. The number of carboxylic acid groups (broad SMARTS) is 1. The number of hydrogen-bond donors (Lipinski definition) is 1. The van der Waals surface area contributed by atoms with Gasteiger partial charge in [-0.15, -0.1) is 0 Å². The molecule has 2 aromatic rings. The Morgan fingerprint density at radius 1 is 1.41 bits per heavy atom. The predicted octanol–water partition coefficient (Wildman–Crippen LogP) is 3.54. The lowest BCUT2D eigenvalue weighted by Crippen LogP contribution is -2.05. The van der Waals surface area contributed by atoms with Crippen LogP contribution in [0.1, 0.15) is 29.4 Å². The fraction of sp³-hybridized carbons (Fsp3) is 0.231. The molecule has 4 heteroatoms. The van der Waals surface area contributed by atoms with Crippen LogP contribution in [0.25, 0.3) is 10.9 Å². The molecule has 0 aliphatic carbocycles. The van der Waals surface area contributed by atoms with Gasteiger partial charge in [-0.05, 0) is 30.7 Å². The third kappa shape index (κ3) is 2.39. The molecule has 1 N–H and O–H groups in total. The third-order valence-electron chi connectivity index (χ3n) is 2.57. The first kappa shape index (κ1) is 11.9. The molecule has 0 saturated heterocycles. The molecule has 2 rings (SSSR count). The van der Waals surface area contributed by atoms with E-state index >= 15 is 0 Å². The Hall–Kier alpha value is -1.61. The number of aromatic nitrogens is 1. The van der Waals surface area contributed by atoms with Gasteiger partial charge < -0.3 is 5.11 Å². The van der Waals surface area contributed by atoms with Gasteiger partial charge in [-0.3, -0.25) is 4.98 Å². The number of aromatic carboxylic acids is 1. The molecule has 0 atom stereocenters. The van der Waals surface area contributed by atoms with Crippen LogP contribution in [-0.2, 0) is 6.42 Å². The van der Waals surface area contributed by atoms with Gasteiger partial charge in [0, 0.05) is 10.4 Å². The molecule has 0 amide bonds. The van der Waals surface area contributed by atoms with Crippen LogP contribution in [0.15, 0.2) is 24.3 Å². The van der Waals surface area contributed by atoms with Gasteiger partial charge in [0.1, 0.15) is 0 Å². The number of carboxylic acids is 1. The van der Waals surface area contributed by atoms with Gasteiger partial charge in [0.25, 0.3) is 0 Å². The lowest BCUT2D eigenvalue weighted by Gasteiger charge is -2.06. The number of nitrogens with zero attached hydrogens (tertiary/aromatic N) is 1. The van der Waals surface area contributed by atoms with Crippen molar-refractivity contribution < 1.29 is 9.90 Å². The minimum absolute atomic E-state index is 0.265. The second-order valence-electron chi connectivity index (χ2n) is 3.87. The quantitative estimate of drug-likeness (QED) is 0.905. The van der Waals surface area contributed by atoms with E-state index in [0.29, 0.717) is 17.1 Å². The van der Waals surface area contributed by atoms with E-state index in [0.717, 1.165) is 17.3 Å².